The van der Waals surface area contributed by atoms with Gasteiger partial charge < -0.3 is 10.2 Å². The zero-order valence-electron chi connectivity index (χ0n) is 11.4. The molecule has 1 atom stereocenters. The SMILES string of the molecule is CC1CN(c2ccc(C#N)cc2)CC(C)(C)CN1. The zero-order valence-corrected chi connectivity index (χ0v) is 11.4. The van der Waals surface area contributed by atoms with Crippen molar-refractivity contribution in [3.05, 3.63) is 29.8 Å². The standard InChI is InChI=1S/C15H21N3/c1-12-9-18(11-15(2,3)10-17-12)14-6-4-13(8-16)5-7-14/h4-7,12,17H,9-11H2,1-3H3. The maximum absolute atomic E-state index is 8.84. The fourth-order valence-corrected chi connectivity index (χ4v) is 2.43. The third kappa shape index (κ3) is 3.02. The van der Waals surface area contributed by atoms with Crippen LogP contribution in [0.2, 0.25) is 0 Å². The van der Waals surface area contributed by atoms with E-state index in [1.807, 2.05) is 24.3 Å². The third-order valence-electron chi connectivity index (χ3n) is 3.40. The Morgan fingerprint density at radius 2 is 2.00 bits per heavy atom. The van der Waals surface area contributed by atoms with Crippen LogP contribution in [-0.4, -0.2) is 25.7 Å². The molecular weight excluding hydrogens is 222 g/mol. The second-order valence-electron chi connectivity index (χ2n) is 5.99. The van der Waals surface area contributed by atoms with Gasteiger partial charge in [0.2, 0.25) is 0 Å². The molecule has 1 heterocycles. The smallest absolute Gasteiger partial charge is 0.0991 e. The minimum atomic E-state index is 0.263. The molecule has 0 amide bonds. The second kappa shape index (κ2) is 4.99. The number of anilines is 1. The molecule has 3 nitrogen and oxygen atoms in total. The quantitative estimate of drug-likeness (QED) is 0.823. The minimum absolute atomic E-state index is 0.263. The molecule has 0 bridgehead atoms. The molecule has 1 unspecified atom stereocenters. The topological polar surface area (TPSA) is 39.1 Å². The Hall–Kier alpha value is -1.53. The Kier molecular flexibility index (Phi) is 3.58. The summed E-state index contributed by atoms with van der Waals surface area (Å²) < 4.78 is 0. The van der Waals surface area contributed by atoms with E-state index in [1.54, 1.807) is 0 Å². The molecule has 0 aromatic heterocycles. The van der Waals surface area contributed by atoms with E-state index in [0.29, 0.717) is 6.04 Å². The fraction of sp³-hybridized carbons (Fsp3) is 0.533. The largest absolute Gasteiger partial charge is 0.369 e. The van der Waals surface area contributed by atoms with E-state index in [-0.39, 0.29) is 5.41 Å². The lowest BCUT2D eigenvalue weighted by Gasteiger charge is -2.31. The summed E-state index contributed by atoms with van der Waals surface area (Å²) in [7, 11) is 0. The molecule has 2 rings (SSSR count). The van der Waals surface area contributed by atoms with Gasteiger partial charge in [0, 0.05) is 31.4 Å². The van der Waals surface area contributed by atoms with Crippen LogP contribution in [-0.2, 0) is 0 Å². The molecule has 3 heteroatoms. The molecule has 96 valence electrons. The summed E-state index contributed by atoms with van der Waals surface area (Å²) in [4.78, 5) is 2.41. The van der Waals surface area contributed by atoms with E-state index < -0.39 is 0 Å². The first kappa shape index (κ1) is 12.9. The molecule has 0 aliphatic carbocycles. The summed E-state index contributed by atoms with van der Waals surface area (Å²) >= 11 is 0. The number of nitrogens with one attached hydrogen (secondary N) is 1. The van der Waals surface area contributed by atoms with Crippen LogP contribution in [0.25, 0.3) is 0 Å². The molecule has 18 heavy (non-hydrogen) atoms. The first-order valence-electron chi connectivity index (χ1n) is 6.49. The zero-order chi connectivity index (χ0) is 13.2. The lowest BCUT2D eigenvalue weighted by atomic mass is 9.93. The molecule has 0 radical (unpaired) electrons. The molecule has 1 aliphatic heterocycles. The van der Waals surface area contributed by atoms with E-state index in [0.717, 1.165) is 25.2 Å². The Labute approximate surface area is 109 Å². The van der Waals surface area contributed by atoms with E-state index >= 15 is 0 Å². The molecule has 1 aliphatic rings. The van der Waals surface area contributed by atoms with E-state index in [4.69, 9.17) is 5.26 Å². The van der Waals surface area contributed by atoms with E-state index in [9.17, 15) is 0 Å². The maximum atomic E-state index is 8.84. The normalized spacial score (nSPS) is 23.2. The highest BCUT2D eigenvalue weighted by atomic mass is 15.2. The monoisotopic (exact) mass is 243 g/mol. The highest BCUT2D eigenvalue weighted by molar-refractivity contribution is 5.50. The minimum Gasteiger partial charge on any atom is -0.369 e. The van der Waals surface area contributed by atoms with Crippen LogP contribution >= 0.6 is 0 Å². The van der Waals surface area contributed by atoms with Crippen LogP contribution in [0.4, 0.5) is 5.69 Å². The Balaban J connectivity index is 2.21. The van der Waals surface area contributed by atoms with Gasteiger partial charge in [-0.05, 0) is 36.6 Å². The van der Waals surface area contributed by atoms with Gasteiger partial charge in [-0.1, -0.05) is 13.8 Å². The first-order chi connectivity index (χ1) is 8.50. The average Bonchev–Trinajstić information content (AvgIpc) is 2.48. The van der Waals surface area contributed by atoms with Gasteiger partial charge in [-0.2, -0.15) is 5.26 Å². The van der Waals surface area contributed by atoms with Crippen molar-refractivity contribution >= 4 is 5.69 Å². The number of nitrogens with zero attached hydrogens (tertiary/aromatic N) is 2. The van der Waals surface area contributed by atoms with Crippen LogP contribution in [0.15, 0.2) is 24.3 Å². The predicted molar refractivity (Wildman–Crippen MR) is 74.6 cm³/mol. The van der Waals surface area contributed by atoms with Crippen LogP contribution in [0.5, 0.6) is 0 Å². The molecule has 1 fully saturated rings. The van der Waals surface area contributed by atoms with Gasteiger partial charge in [-0.15, -0.1) is 0 Å². The van der Waals surface area contributed by atoms with Crippen molar-refractivity contribution < 1.29 is 0 Å². The molecule has 1 aromatic carbocycles. The molecular formula is C15H21N3. The number of nitriles is 1. The molecule has 1 saturated heterocycles. The maximum Gasteiger partial charge on any atom is 0.0991 e. The third-order valence-corrected chi connectivity index (χ3v) is 3.40. The van der Waals surface area contributed by atoms with Crippen LogP contribution in [0.1, 0.15) is 26.3 Å². The molecule has 0 spiro atoms. The summed E-state index contributed by atoms with van der Waals surface area (Å²) in [5, 5.41) is 12.4. The van der Waals surface area contributed by atoms with Gasteiger partial charge in [0.05, 0.1) is 11.6 Å². The van der Waals surface area contributed by atoms with Crippen molar-refractivity contribution in [1.82, 2.24) is 5.32 Å². The van der Waals surface area contributed by atoms with Gasteiger partial charge in [-0.3, -0.25) is 0 Å². The fourth-order valence-electron chi connectivity index (χ4n) is 2.43. The highest BCUT2D eigenvalue weighted by Crippen LogP contribution is 2.24. The van der Waals surface area contributed by atoms with Gasteiger partial charge in [0.1, 0.15) is 0 Å². The number of benzene rings is 1. The Morgan fingerprint density at radius 1 is 1.33 bits per heavy atom. The van der Waals surface area contributed by atoms with Crippen molar-refractivity contribution in [3.8, 4) is 6.07 Å². The highest BCUT2D eigenvalue weighted by Gasteiger charge is 2.27. The van der Waals surface area contributed by atoms with E-state index in [1.165, 1.54) is 5.69 Å². The number of rotatable bonds is 1. The summed E-state index contributed by atoms with van der Waals surface area (Å²) in [6.45, 7) is 9.88. The first-order valence-corrected chi connectivity index (χ1v) is 6.49. The Morgan fingerprint density at radius 3 is 2.61 bits per heavy atom. The Bertz CT molecular complexity index is 442. The van der Waals surface area contributed by atoms with Gasteiger partial charge in [-0.25, -0.2) is 0 Å². The van der Waals surface area contributed by atoms with Crippen molar-refractivity contribution in [1.29, 1.82) is 5.26 Å². The predicted octanol–water partition coefficient (Wildman–Crippen LogP) is 2.38. The summed E-state index contributed by atoms with van der Waals surface area (Å²) in [5.74, 6) is 0. The van der Waals surface area contributed by atoms with Crippen molar-refractivity contribution in [2.24, 2.45) is 5.41 Å². The van der Waals surface area contributed by atoms with Crippen molar-refractivity contribution in [3.63, 3.8) is 0 Å². The van der Waals surface area contributed by atoms with E-state index in [2.05, 4.69) is 37.1 Å². The van der Waals surface area contributed by atoms with Crippen LogP contribution < -0.4 is 10.2 Å². The van der Waals surface area contributed by atoms with Gasteiger partial charge in [0.15, 0.2) is 0 Å². The van der Waals surface area contributed by atoms with Crippen molar-refractivity contribution in [2.45, 2.75) is 26.8 Å². The molecule has 1 aromatic rings. The van der Waals surface area contributed by atoms with Crippen molar-refractivity contribution in [2.75, 3.05) is 24.5 Å². The summed E-state index contributed by atoms with van der Waals surface area (Å²) in [6.07, 6.45) is 0. The molecule has 0 saturated carbocycles. The van der Waals surface area contributed by atoms with Crippen LogP contribution in [0.3, 0.4) is 0 Å². The second-order valence-corrected chi connectivity index (χ2v) is 5.99. The number of hydrogen-bond acceptors (Lipinski definition) is 3. The lowest BCUT2D eigenvalue weighted by Crippen LogP contribution is -2.35. The molecule has 1 N–H and O–H groups in total. The number of hydrogen-bond donors (Lipinski definition) is 1. The van der Waals surface area contributed by atoms with Gasteiger partial charge in [0.25, 0.3) is 0 Å². The van der Waals surface area contributed by atoms with Crippen LogP contribution in [0, 0.1) is 16.7 Å². The average molecular weight is 243 g/mol. The summed E-state index contributed by atoms with van der Waals surface area (Å²) in [5.41, 5.74) is 2.19. The summed E-state index contributed by atoms with van der Waals surface area (Å²) in [6, 6.07) is 10.5. The lowest BCUT2D eigenvalue weighted by molar-refractivity contribution is 0.362. The van der Waals surface area contributed by atoms with Gasteiger partial charge >= 0.3 is 0 Å².